The largest absolute Gasteiger partial charge is 0.302 e. The van der Waals surface area contributed by atoms with Gasteiger partial charge in [0, 0.05) is 29.9 Å². The first-order valence-corrected chi connectivity index (χ1v) is 11.3. The molecule has 1 unspecified atom stereocenters. The fourth-order valence-electron chi connectivity index (χ4n) is 1.89. The summed E-state index contributed by atoms with van der Waals surface area (Å²) in [5, 5.41) is 0. The Kier molecular flexibility index (Phi) is 7.21. The second-order valence-electron chi connectivity index (χ2n) is 5.50. The minimum absolute atomic E-state index is 0.0298. The number of nitrogens with zero attached hydrogens (tertiary/aromatic N) is 1. The molecule has 0 heterocycles. The lowest BCUT2D eigenvalue weighted by molar-refractivity contribution is 0.256. The fourth-order valence-corrected chi connectivity index (χ4v) is 4.62. The molecular formula is C14H23BrN2O4S2. The molecule has 1 aromatic rings. The molecule has 1 N–H and O–H groups in total. The highest BCUT2D eigenvalue weighted by atomic mass is 79.9. The molecule has 23 heavy (non-hydrogen) atoms. The van der Waals surface area contributed by atoms with Gasteiger partial charge in [-0.2, -0.15) is 0 Å². The van der Waals surface area contributed by atoms with Crippen LogP contribution < -0.4 is 4.72 Å². The van der Waals surface area contributed by atoms with Gasteiger partial charge in [0.25, 0.3) is 0 Å². The van der Waals surface area contributed by atoms with E-state index in [1.807, 2.05) is 7.05 Å². The average Bonchev–Trinajstić information content (AvgIpc) is 2.45. The predicted octanol–water partition coefficient (Wildman–Crippen LogP) is 1.86. The third-order valence-corrected chi connectivity index (χ3v) is 7.29. The van der Waals surface area contributed by atoms with Gasteiger partial charge in [0.05, 0.1) is 9.79 Å². The quantitative estimate of drug-likeness (QED) is 0.685. The zero-order valence-electron chi connectivity index (χ0n) is 13.7. The predicted molar refractivity (Wildman–Crippen MR) is 94.8 cm³/mol. The van der Waals surface area contributed by atoms with E-state index < -0.39 is 19.9 Å². The highest BCUT2D eigenvalue weighted by molar-refractivity contribution is 9.10. The van der Waals surface area contributed by atoms with E-state index in [4.69, 9.17) is 0 Å². The number of halogens is 1. The molecule has 1 atom stereocenters. The van der Waals surface area contributed by atoms with Crippen molar-refractivity contribution in [3.63, 3.8) is 0 Å². The summed E-state index contributed by atoms with van der Waals surface area (Å²) in [5.74, 6) is 0. The topological polar surface area (TPSA) is 83.6 Å². The lowest BCUT2D eigenvalue weighted by atomic mass is 10.2. The molecule has 0 bridgehead atoms. The summed E-state index contributed by atoms with van der Waals surface area (Å²) < 4.78 is 50.8. The lowest BCUT2D eigenvalue weighted by Gasteiger charge is -2.23. The number of likely N-dealkylation sites (N-methyl/N-ethyl adjacent to an activating group) is 1. The molecule has 0 aromatic heterocycles. The summed E-state index contributed by atoms with van der Waals surface area (Å²) >= 11 is 3.16. The number of hydrogen-bond donors (Lipinski definition) is 1. The van der Waals surface area contributed by atoms with Gasteiger partial charge in [-0.25, -0.2) is 21.6 Å². The number of benzene rings is 1. The summed E-state index contributed by atoms with van der Waals surface area (Å²) in [5.41, 5.74) is 0. The fraction of sp³-hybridized carbons (Fsp3) is 0.571. The maximum atomic E-state index is 12.4. The van der Waals surface area contributed by atoms with Gasteiger partial charge in [-0.3, -0.25) is 0 Å². The van der Waals surface area contributed by atoms with Crippen LogP contribution in [-0.2, 0) is 19.9 Å². The van der Waals surface area contributed by atoms with E-state index in [1.54, 1.807) is 0 Å². The van der Waals surface area contributed by atoms with E-state index in [-0.39, 0.29) is 16.3 Å². The third kappa shape index (κ3) is 5.82. The molecule has 0 spiro atoms. The molecule has 1 rings (SSSR count). The molecule has 0 aliphatic carbocycles. The first kappa shape index (κ1) is 20.6. The van der Waals surface area contributed by atoms with E-state index in [2.05, 4.69) is 39.4 Å². The number of rotatable bonds is 8. The van der Waals surface area contributed by atoms with Crippen LogP contribution in [-0.4, -0.2) is 54.2 Å². The van der Waals surface area contributed by atoms with Crippen molar-refractivity contribution in [3.8, 4) is 0 Å². The molecule has 1 aromatic carbocycles. The minimum atomic E-state index is -3.79. The van der Waals surface area contributed by atoms with Gasteiger partial charge < -0.3 is 4.90 Å². The van der Waals surface area contributed by atoms with E-state index >= 15 is 0 Å². The SMILES string of the molecule is CCC(C)N(C)CCNS(=O)(=O)c1cc(S(C)(=O)=O)ccc1Br. The van der Waals surface area contributed by atoms with Gasteiger partial charge in [0.15, 0.2) is 9.84 Å². The zero-order chi connectivity index (χ0) is 17.8. The summed E-state index contributed by atoms with van der Waals surface area (Å²) in [6.45, 7) is 4.95. The number of hydrogen-bond acceptors (Lipinski definition) is 5. The van der Waals surface area contributed by atoms with Gasteiger partial charge in [0.1, 0.15) is 0 Å². The molecule has 0 aliphatic heterocycles. The molecular weight excluding hydrogens is 404 g/mol. The summed E-state index contributed by atoms with van der Waals surface area (Å²) in [6.07, 6.45) is 2.02. The van der Waals surface area contributed by atoms with Gasteiger partial charge >= 0.3 is 0 Å². The van der Waals surface area contributed by atoms with E-state index in [0.29, 0.717) is 17.1 Å². The number of sulfone groups is 1. The Morgan fingerprint density at radius 2 is 1.87 bits per heavy atom. The molecule has 0 fully saturated rings. The van der Waals surface area contributed by atoms with Crippen LogP contribution >= 0.6 is 15.9 Å². The van der Waals surface area contributed by atoms with E-state index in [9.17, 15) is 16.8 Å². The molecule has 9 heteroatoms. The van der Waals surface area contributed by atoms with Crippen molar-refractivity contribution < 1.29 is 16.8 Å². The number of nitrogens with one attached hydrogen (secondary N) is 1. The lowest BCUT2D eigenvalue weighted by Crippen LogP contribution is -2.37. The average molecular weight is 427 g/mol. The van der Waals surface area contributed by atoms with E-state index in [0.717, 1.165) is 12.7 Å². The van der Waals surface area contributed by atoms with Crippen molar-refractivity contribution in [2.24, 2.45) is 0 Å². The van der Waals surface area contributed by atoms with Crippen molar-refractivity contribution in [3.05, 3.63) is 22.7 Å². The van der Waals surface area contributed by atoms with Crippen LogP contribution in [0.4, 0.5) is 0 Å². The van der Waals surface area contributed by atoms with Crippen LogP contribution in [0.25, 0.3) is 0 Å². The van der Waals surface area contributed by atoms with Crippen LogP contribution in [0.1, 0.15) is 20.3 Å². The van der Waals surface area contributed by atoms with Crippen LogP contribution in [0.3, 0.4) is 0 Å². The smallest absolute Gasteiger partial charge is 0.241 e. The van der Waals surface area contributed by atoms with Crippen LogP contribution in [0.2, 0.25) is 0 Å². The van der Waals surface area contributed by atoms with Gasteiger partial charge in [-0.1, -0.05) is 6.92 Å². The Hall–Kier alpha value is -0.480. The highest BCUT2D eigenvalue weighted by Gasteiger charge is 2.20. The molecule has 0 amide bonds. The first-order valence-electron chi connectivity index (χ1n) is 7.18. The molecule has 0 saturated carbocycles. The maximum absolute atomic E-state index is 12.4. The maximum Gasteiger partial charge on any atom is 0.241 e. The Morgan fingerprint density at radius 1 is 1.26 bits per heavy atom. The van der Waals surface area contributed by atoms with Crippen LogP contribution in [0, 0.1) is 0 Å². The number of sulfonamides is 1. The van der Waals surface area contributed by atoms with Gasteiger partial charge in [0.2, 0.25) is 10.0 Å². The van der Waals surface area contributed by atoms with Crippen LogP contribution in [0.5, 0.6) is 0 Å². The molecule has 0 saturated heterocycles. The molecule has 132 valence electrons. The van der Waals surface area contributed by atoms with Crippen molar-refractivity contribution in [1.29, 1.82) is 0 Å². The molecule has 0 aliphatic rings. The Labute approximate surface area is 147 Å². The van der Waals surface area contributed by atoms with Gasteiger partial charge in [-0.05, 0) is 54.5 Å². The third-order valence-electron chi connectivity index (χ3n) is 3.72. The standard InChI is InChI=1S/C14H23BrN2O4S2/c1-5-11(2)17(3)9-8-16-23(20,21)14-10-12(22(4,18)19)6-7-13(14)15/h6-7,10-11,16H,5,8-9H2,1-4H3. The minimum Gasteiger partial charge on any atom is -0.302 e. The summed E-state index contributed by atoms with van der Waals surface area (Å²) in [6, 6.07) is 4.32. The van der Waals surface area contributed by atoms with E-state index in [1.165, 1.54) is 18.2 Å². The van der Waals surface area contributed by atoms with Crippen molar-refractivity contribution in [2.45, 2.75) is 36.1 Å². The molecule has 0 radical (unpaired) electrons. The Bertz CT molecular complexity index is 748. The van der Waals surface area contributed by atoms with Crippen LogP contribution in [0.15, 0.2) is 32.5 Å². The second-order valence-corrected chi connectivity index (χ2v) is 10.1. The van der Waals surface area contributed by atoms with Crippen molar-refractivity contribution >= 4 is 35.8 Å². The summed E-state index contributed by atoms with van der Waals surface area (Å²) in [7, 11) is -5.33. The zero-order valence-corrected chi connectivity index (χ0v) is 16.9. The van der Waals surface area contributed by atoms with Crippen molar-refractivity contribution in [2.75, 3.05) is 26.4 Å². The Morgan fingerprint density at radius 3 is 2.39 bits per heavy atom. The normalized spacial score (nSPS) is 14.2. The molecule has 6 nitrogen and oxygen atoms in total. The summed E-state index contributed by atoms with van der Waals surface area (Å²) in [4.78, 5) is 1.95. The first-order chi connectivity index (χ1) is 10.5. The Balaban J connectivity index is 2.93. The van der Waals surface area contributed by atoms with Gasteiger partial charge in [-0.15, -0.1) is 0 Å². The van der Waals surface area contributed by atoms with Crippen molar-refractivity contribution in [1.82, 2.24) is 9.62 Å². The highest BCUT2D eigenvalue weighted by Crippen LogP contribution is 2.25. The second kappa shape index (κ2) is 8.06. The monoisotopic (exact) mass is 426 g/mol.